The van der Waals surface area contributed by atoms with E-state index < -0.39 is 203 Å². The first kappa shape index (κ1) is 56.1. The van der Waals surface area contributed by atoms with Crippen LogP contribution < -0.4 is 16.0 Å². The SMILES string of the molecule is CC(=O)NC1C(O)[C@H](O)C(CO)O[C@H]1OC(C)(C(O)[C@H](O)CCO)[C@H](O)OCC1[C@@H](O)C(O)C1(O)[C@@H](O)O[C@@H]1C(CO)O[C@@H](O[C@@H]2C(CO)O[C@@H](C)C(NC(C)=O)C2O)C(NC(C)=O)C1O. The molecule has 1 saturated carbocycles. The lowest BCUT2D eigenvalue weighted by atomic mass is 9.64. The van der Waals surface area contributed by atoms with Crippen LogP contribution in [0, 0.1) is 5.92 Å². The van der Waals surface area contributed by atoms with E-state index in [9.17, 15) is 91.0 Å². The molecular formula is C38H67N3O25. The number of amides is 3. The Morgan fingerprint density at radius 3 is 1.71 bits per heavy atom. The van der Waals surface area contributed by atoms with Crippen molar-refractivity contribution in [1.82, 2.24) is 16.0 Å². The third-order valence-electron chi connectivity index (χ3n) is 12.4. The molecule has 0 radical (unpaired) electrons. The molecule has 3 saturated heterocycles. The quantitative estimate of drug-likeness (QED) is 0.0475. The molecule has 0 spiro atoms. The lowest BCUT2D eigenvalue weighted by Crippen LogP contribution is -2.77. The zero-order valence-electron chi connectivity index (χ0n) is 36.7. The van der Waals surface area contributed by atoms with Crippen LogP contribution in [-0.4, -0.2) is 267 Å². The molecule has 66 heavy (non-hydrogen) atoms. The molecule has 1 aliphatic carbocycles. The van der Waals surface area contributed by atoms with Crippen molar-refractivity contribution in [1.29, 1.82) is 0 Å². The van der Waals surface area contributed by atoms with Gasteiger partial charge in [0.25, 0.3) is 0 Å². The van der Waals surface area contributed by atoms with E-state index >= 15 is 0 Å². The van der Waals surface area contributed by atoms with Gasteiger partial charge < -0.3 is 126 Å². The van der Waals surface area contributed by atoms with E-state index in [1.54, 1.807) is 0 Å². The maximum atomic E-state index is 12.4. The van der Waals surface area contributed by atoms with Crippen LogP contribution in [-0.2, 0) is 47.5 Å². The molecule has 4 fully saturated rings. The van der Waals surface area contributed by atoms with Crippen molar-refractivity contribution < 1.29 is 124 Å². The van der Waals surface area contributed by atoms with Crippen molar-refractivity contribution in [2.24, 2.45) is 5.92 Å². The van der Waals surface area contributed by atoms with E-state index in [-0.39, 0.29) is 0 Å². The van der Waals surface area contributed by atoms with Gasteiger partial charge in [-0.2, -0.15) is 0 Å². The van der Waals surface area contributed by atoms with Gasteiger partial charge in [-0.05, 0) is 20.3 Å². The van der Waals surface area contributed by atoms with Gasteiger partial charge in [0.15, 0.2) is 30.8 Å². The number of aliphatic hydroxyl groups excluding tert-OH is 14. The minimum Gasteiger partial charge on any atom is -0.396 e. The molecule has 14 unspecified atom stereocenters. The van der Waals surface area contributed by atoms with E-state index in [0.29, 0.717) is 0 Å². The smallest absolute Gasteiger partial charge is 0.217 e. The van der Waals surface area contributed by atoms with E-state index in [1.165, 1.54) is 13.8 Å². The van der Waals surface area contributed by atoms with Crippen LogP contribution in [0.2, 0.25) is 0 Å². The second kappa shape index (κ2) is 23.4. The van der Waals surface area contributed by atoms with E-state index in [1.807, 2.05) is 0 Å². The molecule has 4 rings (SSSR count). The summed E-state index contributed by atoms with van der Waals surface area (Å²) in [6.45, 7) is 1.29. The number of hydrogen-bond donors (Lipinski definition) is 18. The summed E-state index contributed by atoms with van der Waals surface area (Å²) in [5.41, 5.74) is -5.60. The Balaban J connectivity index is 1.57. The van der Waals surface area contributed by atoms with Crippen LogP contribution in [0.15, 0.2) is 0 Å². The number of rotatable bonds is 21. The van der Waals surface area contributed by atoms with Gasteiger partial charge in [-0.3, -0.25) is 14.4 Å². The van der Waals surface area contributed by atoms with Crippen LogP contribution in [0.5, 0.6) is 0 Å². The molecule has 384 valence electrons. The summed E-state index contributed by atoms with van der Waals surface area (Å²) in [5.74, 6) is -3.96. The second-order valence-electron chi connectivity index (χ2n) is 17.1. The summed E-state index contributed by atoms with van der Waals surface area (Å²) < 4.78 is 40.0. The highest BCUT2D eigenvalue weighted by molar-refractivity contribution is 5.74. The molecule has 0 bridgehead atoms. The van der Waals surface area contributed by atoms with Gasteiger partial charge in [-0.15, -0.1) is 0 Å². The Labute approximate surface area is 377 Å². The van der Waals surface area contributed by atoms with Crippen molar-refractivity contribution in [3.05, 3.63) is 0 Å². The summed E-state index contributed by atoms with van der Waals surface area (Å²) in [7, 11) is 0. The highest BCUT2D eigenvalue weighted by Crippen LogP contribution is 2.44. The molecule has 18 N–H and O–H groups in total. The first-order chi connectivity index (χ1) is 30.8. The molecule has 24 atom stereocenters. The average molecular weight is 966 g/mol. The highest BCUT2D eigenvalue weighted by atomic mass is 16.7. The first-order valence-electron chi connectivity index (χ1n) is 21.2. The number of nitrogens with one attached hydrogen (secondary N) is 3. The summed E-state index contributed by atoms with van der Waals surface area (Å²) in [5, 5.41) is 169. The highest BCUT2D eigenvalue weighted by Gasteiger charge is 2.67. The molecule has 0 aromatic heterocycles. The predicted molar refractivity (Wildman–Crippen MR) is 211 cm³/mol. The van der Waals surface area contributed by atoms with Crippen LogP contribution >= 0.6 is 0 Å². The summed E-state index contributed by atoms with van der Waals surface area (Å²) in [6, 6.07) is -4.40. The number of hydrogen-bond acceptors (Lipinski definition) is 25. The molecule has 4 aliphatic rings. The molecule has 28 nitrogen and oxygen atoms in total. The van der Waals surface area contributed by atoms with E-state index in [0.717, 1.165) is 20.8 Å². The predicted octanol–water partition coefficient (Wildman–Crippen LogP) is -10.5. The third-order valence-corrected chi connectivity index (χ3v) is 12.4. The minimum absolute atomic E-state index is 0.523. The van der Waals surface area contributed by atoms with Crippen LogP contribution in [0.1, 0.15) is 41.0 Å². The van der Waals surface area contributed by atoms with Crippen molar-refractivity contribution in [3.63, 3.8) is 0 Å². The Hall–Kier alpha value is -2.47. The molecule has 28 heteroatoms. The normalized spacial score (nSPS) is 42.2. The van der Waals surface area contributed by atoms with Gasteiger partial charge in [0.2, 0.25) is 17.7 Å². The first-order valence-corrected chi connectivity index (χ1v) is 21.2. The summed E-state index contributed by atoms with van der Waals surface area (Å²) >= 11 is 0. The maximum Gasteiger partial charge on any atom is 0.217 e. The van der Waals surface area contributed by atoms with Gasteiger partial charge >= 0.3 is 0 Å². The Morgan fingerprint density at radius 2 is 1.18 bits per heavy atom. The Bertz CT molecular complexity index is 1590. The molecule has 3 amide bonds. The monoisotopic (exact) mass is 965 g/mol. The van der Waals surface area contributed by atoms with Gasteiger partial charge in [0.05, 0.1) is 50.8 Å². The molecule has 3 aliphatic heterocycles. The topological polar surface area (TPSA) is 455 Å². The van der Waals surface area contributed by atoms with E-state index in [4.69, 9.17) is 33.2 Å². The standard InChI is InChI=1S/C38H67N3O25/c1-12-21(39-13(2)46)27(53)29(19(9-44)61-12)64-33-23(41-15(4)48)28(54)30(20(10-45)63-33)65-36(58)38(59)16(24(50)32(38)56)11-60-35(57)37(5,31(55)17(49)6-7-42)66-34-22(40-14(3)47)26(52)25(51)18(8-43)62-34/h12,16-36,42-45,49-59H,6-11H2,1-5H3,(H,39,46)(H,40,47)(H,41,48)/t12-,16?,17+,18?,19?,20?,21?,22?,23?,24+,25+,26?,27?,28?,29+,30+,31?,32?,33-,34-,35+,36-,37?,38?/m0/s1. The fourth-order valence-electron chi connectivity index (χ4n) is 8.60. The average Bonchev–Trinajstić information content (AvgIpc) is 3.26. The fourth-order valence-corrected chi connectivity index (χ4v) is 8.60. The summed E-state index contributed by atoms with van der Waals surface area (Å²) in [4.78, 5) is 36.3. The van der Waals surface area contributed by atoms with Gasteiger partial charge in [0, 0.05) is 33.3 Å². The number of carbonyl (C=O) groups excluding carboxylic acids is 3. The van der Waals surface area contributed by atoms with Crippen LogP contribution in [0.4, 0.5) is 0 Å². The van der Waals surface area contributed by atoms with Gasteiger partial charge in [0.1, 0.15) is 84.8 Å². The molecule has 0 aromatic rings. The van der Waals surface area contributed by atoms with E-state index in [2.05, 4.69) is 16.0 Å². The van der Waals surface area contributed by atoms with Crippen LogP contribution in [0.3, 0.4) is 0 Å². The van der Waals surface area contributed by atoms with Gasteiger partial charge in [-0.25, -0.2) is 0 Å². The molecule has 0 aromatic carbocycles. The lowest BCUT2D eigenvalue weighted by Gasteiger charge is -2.56. The zero-order chi connectivity index (χ0) is 49.7. The molecule has 3 heterocycles. The largest absolute Gasteiger partial charge is 0.396 e. The lowest BCUT2D eigenvalue weighted by molar-refractivity contribution is -0.387. The van der Waals surface area contributed by atoms with Gasteiger partial charge in [-0.1, -0.05) is 0 Å². The maximum absolute atomic E-state index is 12.4. The second-order valence-corrected chi connectivity index (χ2v) is 17.1. The van der Waals surface area contributed by atoms with Crippen molar-refractivity contribution in [2.45, 2.75) is 181 Å². The summed E-state index contributed by atoms with van der Waals surface area (Å²) in [6.07, 6.45) is -33.7. The third kappa shape index (κ3) is 11.7. The fraction of sp³-hybridized carbons (Fsp3) is 0.921. The number of aliphatic hydroxyl groups is 15. The number of carbonyl (C=O) groups is 3. The minimum atomic E-state index is -2.97. The zero-order valence-corrected chi connectivity index (χ0v) is 36.7. The Kier molecular flexibility index (Phi) is 19.9. The van der Waals surface area contributed by atoms with Crippen molar-refractivity contribution in [3.8, 4) is 0 Å². The molecular weight excluding hydrogens is 898 g/mol. The number of ether oxygens (including phenoxy) is 7. The van der Waals surface area contributed by atoms with Crippen LogP contribution in [0.25, 0.3) is 0 Å². The Morgan fingerprint density at radius 1 is 0.682 bits per heavy atom. The van der Waals surface area contributed by atoms with Crippen molar-refractivity contribution in [2.75, 3.05) is 33.0 Å². The van der Waals surface area contributed by atoms with Crippen molar-refractivity contribution >= 4 is 17.7 Å².